The van der Waals surface area contributed by atoms with Gasteiger partial charge in [0.25, 0.3) is 5.88 Å². The minimum Gasteiger partial charge on any atom is -0.479 e. The van der Waals surface area contributed by atoms with E-state index < -0.39 is 24.0 Å². The Hall–Kier alpha value is -2.18. The summed E-state index contributed by atoms with van der Waals surface area (Å²) in [7, 11) is 1.30. The minimum absolute atomic E-state index is 0.0354. The van der Waals surface area contributed by atoms with Crippen molar-refractivity contribution in [2.45, 2.75) is 32.2 Å². The minimum atomic E-state index is -0.744. The zero-order chi connectivity index (χ0) is 15.4. The summed E-state index contributed by atoms with van der Waals surface area (Å²) in [6, 6.07) is 1.26. The molecule has 7 heteroatoms. The number of hydrogen-bond acceptors (Lipinski definition) is 6. The Labute approximate surface area is 121 Å². The molecule has 0 spiro atoms. The summed E-state index contributed by atoms with van der Waals surface area (Å²) < 4.78 is 23.3. The maximum Gasteiger partial charge on any atom is 0.313 e. The summed E-state index contributed by atoms with van der Waals surface area (Å²) in [4.78, 5) is 27.5. The molecule has 1 aliphatic carbocycles. The predicted octanol–water partition coefficient (Wildman–Crippen LogP) is 1.94. The average molecular weight is 296 g/mol. The fourth-order valence-corrected chi connectivity index (χ4v) is 1.80. The number of methoxy groups -OCH3 is 1. The Morgan fingerprint density at radius 2 is 2.19 bits per heavy atom. The van der Waals surface area contributed by atoms with Crippen LogP contribution in [0.3, 0.4) is 0 Å². The number of carbonyl (C=O) groups excluding carboxylic acids is 2. The number of aromatic nitrogens is 1. The van der Waals surface area contributed by atoms with E-state index in [1.165, 1.54) is 7.11 Å². The lowest BCUT2D eigenvalue weighted by atomic mass is 10.1. The van der Waals surface area contributed by atoms with Crippen LogP contribution in [-0.4, -0.2) is 36.5 Å². The second kappa shape index (κ2) is 6.51. The molecule has 1 aromatic heterocycles. The van der Waals surface area contributed by atoms with Crippen LogP contribution in [0, 0.1) is 5.82 Å². The van der Waals surface area contributed by atoms with E-state index in [2.05, 4.69) is 10.3 Å². The summed E-state index contributed by atoms with van der Waals surface area (Å²) in [5, 5.41) is 3.04. The van der Waals surface area contributed by atoms with Gasteiger partial charge in [0.2, 0.25) is 0 Å². The van der Waals surface area contributed by atoms with Crippen LogP contribution in [0.5, 0.6) is 5.88 Å². The Morgan fingerprint density at radius 3 is 2.76 bits per heavy atom. The van der Waals surface area contributed by atoms with Crippen molar-refractivity contribution in [2.24, 2.45) is 0 Å². The van der Waals surface area contributed by atoms with Crippen LogP contribution in [0.2, 0.25) is 0 Å². The van der Waals surface area contributed by atoms with E-state index in [1.54, 1.807) is 6.92 Å². The molecule has 1 saturated carbocycles. The van der Waals surface area contributed by atoms with Gasteiger partial charge in [-0.05, 0) is 25.8 Å². The maximum atomic E-state index is 13.7. The number of nitrogens with one attached hydrogen (secondary N) is 1. The third-order valence-electron chi connectivity index (χ3n) is 2.97. The molecule has 2 rings (SSSR count). The quantitative estimate of drug-likeness (QED) is 0.471. The fraction of sp³-hybridized carbons (Fsp3) is 0.500. The molecule has 1 fully saturated rings. The maximum absolute atomic E-state index is 13.7. The van der Waals surface area contributed by atoms with Crippen molar-refractivity contribution in [1.82, 2.24) is 4.98 Å². The van der Waals surface area contributed by atoms with Crippen molar-refractivity contribution in [3.8, 4) is 5.88 Å². The molecule has 0 aliphatic heterocycles. The van der Waals surface area contributed by atoms with Crippen molar-refractivity contribution >= 4 is 17.6 Å². The molecule has 6 nitrogen and oxygen atoms in total. The molecule has 0 radical (unpaired) electrons. The van der Waals surface area contributed by atoms with Crippen molar-refractivity contribution in [3.63, 3.8) is 0 Å². The second-order valence-corrected chi connectivity index (χ2v) is 4.70. The van der Waals surface area contributed by atoms with Crippen LogP contribution >= 0.6 is 0 Å². The van der Waals surface area contributed by atoms with Crippen LogP contribution in [0.1, 0.15) is 36.5 Å². The van der Waals surface area contributed by atoms with Gasteiger partial charge in [0.15, 0.2) is 11.6 Å². The molecular formula is C14H17FN2O4. The molecule has 0 atom stereocenters. The number of halogens is 1. The standard InChI is InChI=1S/C14H17FN2O4/c1-3-21-12(19)7-11(18)9-6-10(15)14(20-2)17-13(9)16-8-4-5-8/h6,8H,3-5,7H2,1-2H3,(H,16,17). The van der Waals surface area contributed by atoms with Gasteiger partial charge in [-0.2, -0.15) is 4.98 Å². The highest BCUT2D eigenvalue weighted by Crippen LogP contribution is 2.29. The molecule has 0 unspecified atom stereocenters. The van der Waals surface area contributed by atoms with Gasteiger partial charge >= 0.3 is 5.97 Å². The first-order valence-electron chi connectivity index (χ1n) is 6.75. The smallest absolute Gasteiger partial charge is 0.313 e. The summed E-state index contributed by atoms with van der Waals surface area (Å²) >= 11 is 0. The Morgan fingerprint density at radius 1 is 1.48 bits per heavy atom. The molecule has 1 aromatic rings. The van der Waals surface area contributed by atoms with E-state index in [4.69, 9.17) is 9.47 Å². The van der Waals surface area contributed by atoms with Crippen molar-refractivity contribution in [2.75, 3.05) is 19.0 Å². The lowest BCUT2D eigenvalue weighted by Gasteiger charge is -2.12. The lowest BCUT2D eigenvalue weighted by molar-refractivity contribution is -0.141. The van der Waals surface area contributed by atoms with Crippen molar-refractivity contribution < 1.29 is 23.5 Å². The summed E-state index contributed by atoms with van der Waals surface area (Å²) in [5.41, 5.74) is 0.0354. The Balaban J connectivity index is 2.24. The number of carbonyl (C=O) groups is 2. The van der Waals surface area contributed by atoms with Crippen LogP contribution in [0.4, 0.5) is 10.2 Å². The highest BCUT2D eigenvalue weighted by molar-refractivity contribution is 6.08. The number of nitrogens with zero attached hydrogens (tertiary/aromatic N) is 1. The summed E-state index contributed by atoms with van der Waals surface area (Å²) in [6.07, 6.45) is 1.49. The molecule has 0 bridgehead atoms. The zero-order valence-corrected chi connectivity index (χ0v) is 11.9. The molecule has 0 amide bonds. The lowest BCUT2D eigenvalue weighted by Crippen LogP contribution is -2.16. The highest BCUT2D eigenvalue weighted by atomic mass is 19.1. The topological polar surface area (TPSA) is 77.5 Å². The molecule has 1 N–H and O–H groups in total. The van der Waals surface area contributed by atoms with Gasteiger partial charge in [0, 0.05) is 6.04 Å². The monoisotopic (exact) mass is 296 g/mol. The number of ketones is 1. The number of hydrogen-bond donors (Lipinski definition) is 1. The molecule has 0 aromatic carbocycles. The molecule has 114 valence electrons. The molecular weight excluding hydrogens is 279 g/mol. The third kappa shape index (κ3) is 3.90. The first kappa shape index (κ1) is 15.2. The van der Waals surface area contributed by atoms with Gasteiger partial charge in [0.05, 0.1) is 19.3 Å². The molecule has 21 heavy (non-hydrogen) atoms. The number of anilines is 1. The summed E-state index contributed by atoms with van der Waals surface area (Å²) in [6.45, 7) is 1.84. The van der Waals surface area contributed by atoms with E-state index in [1.807, 2.05) is 0 Å². The third-order valence-corrected chi connectivity index (χ3v) is 2.97. The van der Waals surface area contributed by atoms with E-state index in [-0.39, 0.29) is 29.9 Å². The summed E-state index contributed by atoms with van der Waals surface area (Å²) in [5.74, 6) is -1.87. The van der Waals surface area contributed by atoms with Gasteiger partial charge in [-0.3, -0.25) is 9.59 Å². The van der Waals surface area contributed by atoms with Gasteiger partial charge in [-0.25, -0.2) is 4.39 Å². The second-order valence-electron chi connectivity index (χ2n) is 4.70. The van der Waals surface area contributed by atoms with Crippen LogP contribution in [-0.2, 0) is 9.53 Å². The number of ether oxygens (including phenoxy) is 2. The van der Waals surface area contributed by atoms with Crippen molar-refractivity contribution in [3.05, 3.63) is 17.4 Å². The molecule has 1 heterocycles. The number of esters is 1. The van der Waals surface area contributed by atoms with Crippen molar-refractivity contribution in [1.29, 1.82) is 0 Å². The SMILES string of the molecule is CCOC(=O)CC(=O)c1cc(F)c(OC)nc1NC1CC1. The van der Waals surface area contributed by atoms with Gasteiger partial charge in [-0.1, -0.05) is 0 Å². The Kier molecular flexibility index (Phi) is 4.72. The van der Waals surface area contributed by atoms with Gasteiger partial charge < -0.3 is 14.8 Å². The average Bonchev–Trinajstić information content (AvgIpc) is 3.24. The van der Waals surface area contributed by atoms with E-state index in [9.17, 15) is 14.0 Å². The van der Waals surface area contributed by atoms with Crippen LogP contribution < -0.4 is 10.1 Å². The fourth-order valence-electron chi connectivity index (χ4n) is 1.80. The van der Waals surface area contributed by atoms with Gasteiger partial charge in [0.1, 0.15) is 12.2 Å². The zero-order valence-electron chi connectivity index (χ0n) is 11.9. The first-order chi connectivity index (χ1) is 10.0. The van der Waals surface area contributed by atoms with E-state index >= 15 is 0 Å². The normalized spacial score (nSPS) is 13.7. The Bertz CT molecular complexity index is 558. The highest BCUT2D eigenvalue weighted by Gasteiger charge is 2.26. The number of pyridine rings is 1. The molecule has 1 aliphatic rings. The number of Topliss-reactive ketones (excluding diaryl/α,β-unsaturated/α-hetero) is 1. The first-order valence-corrected chi connectivity index (χ1v) is 6.75. The van der Waals surface area contributed by atoms with E-state index in [0.717, 1.165) is 18.9 Å². The van der Waals surface area contributed by atoms with Gasteiger partial charge in [-0.15, -0.1) is 0 Å². The number of rotatable bonds is 7. The largest absolute Gasteiger partial charge is 0.479 e. The van der Waals surface area contributed by atoms with Crippen LogP contribution in [0.25, 0.3) is 0 Å². The van der Waals surface area contributed by atoms with Crippen LogP contribution in [0.15, 0.2) is 6.07 Å². The molecule has 0 saturated heterocycles. The predicted molar refractivity (Wildman–Crippen MR) is 73.0 cm³/mol. The van der Waals surface area contributed by atoms with E-state index in [0.29, 0.717) is 0 Å².